The van der Waals surface area contributed by atoms with Gasteiger partial charge in [0.05, 0.1) is 35.4 Å². The monoisotopic (exact) mass is 524 g/mol. The number of nitrogens with one attached hydrogen (secondary N) is 2. The Morgan fingerprint density at radius 2 is 1.84 bits per heavy atom. The van der Waals surface area contributed by atoms with E-state index in [1.807, 2.05) is 23.8 Å². The van der Waals surface area contributed by atoms with Crippen molar-refractivity contribution in [1.82, 2.24) is 30.2 Å². The molecule has 1 aliphatic carbocycles. The van der Waals surface area contributed by atoms with Crippen LogP contribution in [0.5, 0.6) is 0 Å². The minimum Gasteiger partial charge on any atom is -0.341 e. The summed E-state index contributed by atoms with van der Waals surface area (Å²) >= 11 is 1.69. The SMILES string of the molecule is C.CC(NCc1ccc(CN(Cc2nc3ccccc3[nH]2)C2CCCc3cccnc32)cc1)c1nccs1. The van der Waals surface area contributed by atoms with Gasteiger partial charge in [-0.1, -0.05) is 49.9 Å². The molecule has 0 amide bonds. The van der Waals surface area contributed by atoms with Crippen molar-refractivity contribution in [2.24, 2.45) is 0 Å². The van der Waals surface area contributed by atoms with Crippen LogP contribution < -0.4 is 5.32 Å². The molecule has 3 heterocycles. The van der Waals surface area contributed by atoms with Crippen LogP contribution in [0.3, 0.4) is 0 Å². The van der Waals surface area contributed by atoms with Crippen molar-refractivity contribution < 1.29 is 0 Å². The molecule has 0 spiro atoms. The van der Waals surface area contributed by atoms with E-state index in [9.17, 15) is 0 Å². The summed E-state index contributed by atoms with van der Waals surface area (Å²) in [4.78, 5) is 20.2. The first-order valence-electron chi connectivity index (χ1n) is 13.0. The van der Waals surface area contributed by atoms with E-state index in [1.165, 1.54) is 28.8 Å². The van der Waals surface area contributed by atoms with Crippen LogP contribution in [0.1, 0.15) is 72.5 Å². The molecule has 0 aliphatic heterocycles. The molecule has 0 radical (unpaired) electrons. The van der Waals surface area contributed by atoms with E-state index in [0.717, 1.165) is 54.3 Å². The third kappa shape index (κ3) is 5.85. The first kappa shape index (κ1) is 26.2. The summed E-state index contributed by atoms with van der Waals surface area (Å²) in [5.74, 6) is 1.00. The number of thiazole rings is 1. The molecule has 0 saturated heterocycles. The Hall–Kier alpha value is -3.39. The number of aryl methyl sites for hydroxylation is 1. The second kappa shape index (κ2) is 12.0. The highest BCUT2D eigenvalue weighted by molar-refractivity contribution is 7.09. The number of hydrogen-bond acceptors (Lipinski definition) is 6. The summed E-state index contributed by atoms with van der Waals surface area (Å²) in [7, 11) is 0. The number of nitrogens with zero attached hydrogens (tertiary/aromatic N) is 4. The van der Waals surface area contributed by atoms with Gasteiger partial charge in [0.2, 0.25) is 0 Å². The number of pyridine rings is 1. The topological polar surface area (TPSA) is 69.7 Å². The number of rotatable bonds is 9. The molecule has 6 nitrogen and oxygen atoms in total. The van der Waals surface area contributed by atoms with Gasteiger partial charge in [-0.25, -0.2) is 9.97 Å². The highest BCUT2D eigenvalue weighted by Crippen LogP contribution is 2.34. The summed E-state index contributed by atoms with van der Waals surface area (Å²) in [5, 5.41) is 6.74. The van der Waals surface area contributed by atoms with Gasteiger partial charge >= 0.3 is 0 Å². The van der Waals surface area contributed by atoms with Crippen LogP contribution >= 0.6 is 11.3 Å². The molecule has 196 valence electrons. The molecule has 38 heavy (non-hydrogen) atoms. The first-order valence-corrected chi connectivity index (χ1v) is 13.9. The minimum absolute atomic E-state index is 0. The lowest BCUT2D eigenvalue weighted by Crippen LogP contribution is -2.31. The maximum absolute atomic E-state index is 4.89. The average molecular weight is 525 g/mol. The molecule has 7 heteroatoms. The lowest BCUT2D eigenvalue weighted by atomic mass is 9.90. The van der Waals surface area contributed by atoms with Crippen molar-refractivity contribution in [2.45, 2.75) is 65.3 Å². The Balaban J connectivity index is 0.00000294. The summed E-state index contributed by atoms with van der Waals surface area (Å²) in [6.45, 7) is 4.59. The van der Waals surface area contributed by atoms with Gasteiger partial charge in [-0.2, -0.15) is 0 Å². The van der Waals surface area contributed by atoms with E-state index in [0.29, 0.717) is 0 Å². The molecule has 0 fully saturated rings. The fraction of sp³-hybridized carbons (Fsp3) is 0.323. The fourth-order valence-corrected chi connectivity index (χ4v) is 5.96. The molecular weight excluding hydrogens is 488 g/mol. The number of aromatic amines is 1. The number of benzene rings is 2. The maximum Gasteiger partial charge on any atom is 0.121 e. The number of aromatic nitrogens is 4. The first-order chi connectivity index (χ1) is 18.2. The van der Waals surface area contributed by atoms with Crippen molar-refractivity contribution in [2.75, 3.05) is 0 Å². The van der Waals surface area contributed by atoms with Crippen molar-refractivity contribution in [3.8, 4) is 0 Å². The van der Waals surface area contributed by atoms with Crippen LogP contribution in [0, 0.1) is 0 Å². The standard InChI is InChI=1S/C30H32N6S.CH4/c1-21(30-32-16-17-37-30)33-18-22-11-13-23(14-12-22)19-36(20-28-34-25-8-2-3-9-26(25)35-28)27-10-4-6-24-7-5-15-31-29(24)27;/h2-3,5,7-9,11-17,21,27,33H,4,6,10,18-20H2,1H3,(H,34,35);1H4. The maximum atomic E-state index is 4.89. The minimum atomic E-state index is 0. The Morgan fingerprint density at radius 3 is 2.66 bits per heavy atom. The smallest absolute Gasteiger partial charge is 0.121 e. The van der Waals surface area contributed by atoms with Crippen LogP contribution in [-0.2, 0) is 26.1 Å². The number of fused-ring (bicyclic) bond motifs is 2. The Kier molecular flexibility index (Phi) is 8.27. The van der Waals surface area contributed by atoms with Crippen LogP contribution in [-0.4, -0.2) is 24.8 Å². The Bertz CT molecular complexity index is 1410. The van der Waals surface area contributed by atoms with Gasteiger partial charge in [0, 0.05) is 30.9 Å². The zero-order chi connectivity index (χ0) is 25.0. The zero-order valence-corrected chi connectivity index (χ0v) is 21.9. The normalized spacial score (nSPS) is 15.8. The van der Waals surface area contributed by atoms with E-state index >= 15 is 0 Å². The Labute approximate surface area is 229 Å². The Morgan fingerprint density at radius 1 is 1.00 bits per heavy atom. The van der Waals surface area contributed by atoms with E-state index < -0.39 is 0 Å². The van der Waals surface area contributed by atoms with Crippen LogP contribution in [0.25, 0.3) is 11.0 Å². The second-order valence-corrected chi connectivity index (χ2v) is 10.8. The predicted octanol–water partition coefficient (Wildman–Crippen LogP) is 6.98. The predicted molar refractivity (Wildman–Crippen MR) is 156 cm³/mol. The lowest BCUT2D eigenvalue weighted by molar-refractivity contribution is 0.153. The van der Waals surface area contributed by atoms with E-state index in [2.05, 4.69) is 81.7 Å². The van der Waals surface area contributed by atoms with Crippen molar-refractivity contribution in [1.29, 1.82) is 0 Å². The molecule has 0 saturated carbocycles. The van der Waals surface area contributed by atoms with Crippen molar-refractivity contribution >= 4 is 22.4 Å². The van der Waals surface area contributed by atoms with Gasteiger partial charge in [-0.3, -0.25) is 9.88 Å². The van der Waals surface area contributed by atoms with Crippen molar-refractivity contribution in [3.63, 3.8) is 0 Å². The number of hydrogen-bond donors (Lipinski definition) is 2. The summed E-state index contributed by atoms with van der Waals surface area (Å²) in [5.41, 5.74) is 7.29. The summed E-state index contributed by atoms with van der Waals surface area (Å²) in [6.07, 6.45) is 7.21. The van der Waals surface area contributed by atoms with E-state index in [4.69, 9.17) is 9.97 Å². The third-order valence-corrected chi connectivity index (χ3v) is 8.20. The third-order valence-electron chi connectivity index (χ3n) is 7.24. The molecule has 2 unspecified atom stereocenters. The number of imidazole rings is 1. The van der Waals surface area contributed by atoms with Gasteiger partial charge in [-0.15, -0.1) is 11.3 Å². The fourth-order valence-electron chi connectivity index (χ4n) is 5.29. The van der Waals surface area contributed by atoms with Gasteiger partial charge in [0.25, 0.3) is 0 Å². The molecule has 6 rings (SSSR count). The van der Waals surface area contributed by atoms with Crippen molar-refractivity contribution in [3.05, 3.63) is 112 Å². The van der Waals surface area contributed by atoms with Gasteiger partial charge in [0.1, 0.15) is 10.8 Å². The quantitative estimate of drug-likeness (QED) is 0.218. The molecule has 5 aromatic rings. The molecule has 1 aliphatic rings. The average Bonchev–Trinajstić information content (AvgIpc) is 3.62. The molecule has 2 atom stereocenters. The van der Waals surface area contributed by atoms with E-state index in [-0.39, 0.29) is 19.5 Å². The molecule has 0 bridgehead atoms. The lowest BCUT2D eigenvalue weighted by Gasteiger charge is -2.34. The number of H-pyrrole nitrogens is 1. The zero-order valence-electron chi connectivity index (χ0n) is 21.1. The molecule has 2 aromatic carbocycles. The van der Waals surface area contributed by atoms with Gasteiger partial charge < -0.3 is 10.3 Å². The van der Waals surface area contributed by atoms with Crippen LogP contribution in [0.4, 0.5) is 0 Å². The van der Waals surface area contributed by atoms with Gasteiger partial charge in [-0.05, 0) is 61.1 Å². The summed E-state index contributed by atoms with van der Waals surface area (Å²) < 4.78 is 0. The van der Waals surface area contributed by atoms with Crippen LogP contribution in [0.15, 0.2) is 78.4 Å². The second-order valence-electron chi connectivity index (χ2n) is 9.85. The molecule has 3 aromatic heterocycles. The largest absolute Gasteiger partial charge is 0.341 e. The number of para-hydroxylation sites is 2. The molecular formula is C31H36N6S. The van der Waals surface area contributed by atoms with E-state index in [1.54, 1.807) is 11.3 Å². The van der Waals surface area contributed by atoms with Gasteiger partial charge in [0.15, 0.2) is 0 Å². The highest BCUT2D eigenvalue weighted by Gasteiger charge is 2.28. The highest BCUT2D eigenvalue weighted by atomic mass is 32.1. The molecule has 2 N–H and O–H groups in total. The van der Waals surface area contributed by atoms with Crippen LogP contribution in [0.2, 0.25) is 0 Å². The summed E-state index contributed by atoms with van der Waals surface area (Å²) in [6, 6.07) is 22.1.